The maximum absolute atomic E-state index is 11.3. The number of benzene rings is 1. The molecule has 1 aromatic rings. The predicted molar refractivity (Wildman–Crippen MR) is 74.0 cm³/mol. The number of allylic oxidation sites excluding steroid dienone is 2. The summed E-state index contributed by atoms with van der Waals surface area (Å²) in [5.74, 6) is 0.874. The van der Waals surface area contributed by atoms with Crippen LogP contribution in [0.2, 0.25) is 0 Å². The third-order valence-electron chi connectivity index (χ3n) is 3.49. The van der Waals surface area contributed by atoms with Crippen molar-refractivity contribution in [1.82, 2.24) is 0 Å². The number of rotatable bonds is 3. The molecule has 0 aromatic heterocycles. The number of carbonyl (C=O) groups excluding carboxylic acids is 1. The number of hydrogen-bond acceptors (Lipinski definition) is 1. The zero-order valence-electron chi connectivity index (χ0n) is 10.1. The van der Waals surface area contributed by atoms with Crippen molar-refractivity contribution in [3.8, 4) is 0 Å². The highest BCUT2D eigenvalue weighted by atomic mass is 79.9. The van der Waals surface area contributed by atoms with Gasteiger partial charge in [0.15, 0.2) is 5.78 Å². The molecule has 0 fully saturated rings. The Morgan fingerprint density at radius 1 is 1.35 bits per heavy atom. The molecule has 1 aliphatic carbocycles. The van der Waals surface area contributed by atoms with Crippen molar-refractivity contribution in [2.45, 2.75) is 32.6 Å². The fourth-order valence-corrected chi connectivity index (χ4v) is 2.87. The molecule has 1 aliphatic rings. The molecule has 0 bridgehead atoms. The molecule has 0 spiro atoms. The standard InChI is InChI=1S/C15H17BrO/c1-11-10-14(17)9-8-12(11)6-7-13-4-2-3-5-15(13)16/h2-5,10,12H,6-9H2,1H3. The van der Waals surface area contributed by atoms with Crippen LogP contribution in [0.15, 0.2) is 40.4 Å². The average Bonchev–Trinajstić information content (AvgIpc) is 2.30. The first-order chi connectivity index (χ1) is 8.16. The van der Waals surface area contributed by atoms with Gasteiger partial charge in [0, 0.05) is 10.9 Å². The molecule has 0 radical (unpaired) electrons. The van der Waals surface area contributed by atoms with Crippen LogP contribution in [0.3, 0.4) is 0 Å². The lowest BCUT2D eigenvalue weighted by Crippen LogP contribution is -2.13. The summed E-state index contributed by atoms with van der Waals surface area (Å²) < 4.78 is 1.19. The molecule has 90 valence electrons. The molecule has 1 atom stereocenters. The maximum Gasteiger partial charge on any atom is 0.155 e. The van der Waals surface area contributed by atoms with E-state index in [1.807, 2.05) is 12.1 Å². The van der Waals surface area contributed by atoms with Crippen LogP contribution in [0.5, 0.6) is 0 Å². The molecule has 1 nitrogen and oxygen atoms in total. The Morgan fingerprint density at radius 3 is 2.82 bits per heavy atom. The first-order valence-corrected chi connectivity index (χ1v) is 6.90. The Morgan fingerprint density at radius 2 is 2.12 bits per heavy atom. The lowest BCUT2D eigenvalue weighted by molar-refractivity contribution is -0.115. The molecule has 1 aromatic carbocycles. The summed E-state index contributed by atoms with van der Waals surface area (Å²) in [4.78, 5) is 11.3. The minimum Gasteiger partial charge on any atom is -0.295 e. The fourth-order valence-electron chi connectivity index (χ4n) is 2.39. The molecule has 2 rings (SSSR count). The quantitative estimate of drug-likeness (QED) is 0.811. The topological polar surface area (TPSA) is 17.1 Å². The van der Waals surface area contributed by atoms with E-state index in [9.17, 15) is 4.79 Å². The zero-order chi connectivity index (χ0) is 12.3. The van der Waals surface area contributed by atoms with Crippen LogP contribution in [0.1, 0.15) is 31.7 Å². The van der Waals surface area contributed by atoms with Crippen LogP contribution in [0.4, 0.5) is 0 Å². The molecule has 0 saturated heterocycles. The van der Waals surface area contributed by atoms with Gasteiger partial charge in [0.1, 0.15) is 0 Å². The fraction of sp³-hybridized carbons (Fsp3) is 0.400. The maximum atomic E-state index is 11.3. The number of ketones is 1. The number of hydrogen-bond donors (Lipinski definition) is 0. The molecule has 0 saturated carbocycles. The van der Waals surface area contributed by atoms with Gasteiger partial charge in [0.2, 0.25) is 0 Å². The van der Waals surface area contributed by atoms with E-state index in [1.54, 1.807) is 0 Å². The van der Waals surface area contributed by atoms with Gasteiger partial charge < -0.3 is 0 Å². The van der Waals surface area contributed by atoms with Crippen LogP contribution < -0.4 is 0 Å². The Kier molecular flexibility index (Phi) is 4.16. The minimum atomic E-state index is 0.291. The second kappa shape index (κ2) is 5.63. The third kappa shape index (κ3) is 3.29. The summed E-state index contributed by atoms with van der Waals surface area (Å²) in [7, 11) is 0. The van der Waals surface area contributed by atoms with Crippen molar-refractivity contribution >= 4 is 21.7 Å². The van der Waals surface area contributed by atoms with Crippen molar-refractivity contribution in [2.24, 2.45) is 5.92 Å². The lowest BCUT2D eigenvalue weighted by atomic mass is 9.84. The number of aryl methyl sites for hydroxylation is 1. The summed E-state index contributed by atoms with van der Waals surface area (Å²) in [6, 6.07) is 8.37. The van der Waals surface area contributed by atoms with Gasteiger partial charge in [-0.2, -0.15) is 0 Å². The Labute approximate surface area is 111 Å². The van der Waals surface area contributed by atoms with Crippen LogP contribution in [0, 0.1) is 5.92 Å². The molecule has 0 N–H and O–H groups in total. The van der Waals surface area contributed by atoms with Gasteiger partial charge in [0.05, 0.1) is 0 Å². The first kappa shape index (κ1) is 12.6. The summed E-state index contributed by atoms with van der Waals surface area (Å²) in [6.45, 7) is 2.09. The van der Waals surface area contributed by atoms with Gasteiger partial charge in [-0.1, -0.05) is 39.7 Å². The molecule has 17 heavy (non-hydrogen) atoms. The van der Waals surface area contributed by atoms with Crippen molar-refractivity contribution in [2.75, 3.05) is 0 Å². The SMILES string of the molecule is CC1=CC(=O)CCC1CCc1ccccc1Br. The summed E-state index contributed by atoms with van der Waals surface area (Å²) in [5.41, 5.74) is 2.62. The van der Waals surface area contributed by atoms with Crippen LogP contribution in [-0.2, 0) is 11.2 Å². The number of halogens is 1. The van der Waals surface area contributed by atoms with Crippen molar-refractivity contribution in [3.05, 3.63) is 46.0 Å². The first-order valence-electron chi connectivity index (χ1n) is 6.11. The smallest absolute Gasteiger partial charge is 0.155 e. The van der Waals surface area contributed by atoms with E-state index >= 15 is 0 Å². The molecule has 2 heteroatoms. The van der Waals surface area contributed by atoms with Crippen LogP contribution >= 0.6 is 15.9 Å². The highest BCUT2D eigenvalue weighted by Gasteiger charge is 2.18. The average molecular weight is 293 g/mol. The Balaban J connectivity index is 1.97. The highest BCUT2D eigenvalue weighted by molar-refractivity contribution is 9.10. The molecule has 0 heterocycles. The minimum absolute atomic E-state index is 0.291. The van der Waals surface area contributed by atoms with E-state index in [1.165, 1.54) is 15.6 Å². The third-order valence-corrected chi connectivity index (χ3v) is 4.27. The van der Waals surface area contributed by atoms with E-state index in [2.05, 4.69) is 41.1 Å². The largest absolute Gasteiger partial charge is 0.295 e. The van der Waals surface area contributed by atoms with Crippen molar-refractivity contribution in [1.29, 1.82) is 0 Å². The van der Waals surface area contributed by atoms with E-state index in [0.717, 1.165) is 25.7 Å². The van der Waals surface area contributed by atoms with Gasteiger partial charge >= 0.3 is 0 Å². The van der Waals surface area contributed by atoms with Crippen LogP contribution in [0.25, 0.3) is 0 Å². The van der Waals surface area contributed by atoms with Gasteiger partial charge in [-0.3, -0.25) is 4.79 Å². The summed E-state index contributed by atoms with van der Waals surface area (Å²) in [6.07, 6.45) is 5.78. The lowest BCUT2D eigenvalue weighted by Gasteiger charge is -2.21. The normalized spacial score (nSPS) is 20.2. The van der Waals surface area contributed by atoms with Gasteiger partial charge in [-0.05, 0) is 49.8 Å². The molecule has 0 amide bonds. The van der Waals surface area contributed by atoms with Gasteiger partial charge in [-0.15, -0.1) is 0 Å². The van der Waals surface area contributed by atoms with E-state index in [4.69, 9.17) is 0 Å². The monoisotopic (exact) mass is 292 g/mol. The predicted octanol–water partition coefficient (Wildman–Crippen LogP) is 4.31. The van der Waals surface area contributed by atoms with Crippen LogP contribution in [-0.4, -0.2) is 5.78 Å². The second-order valence-electron chi connectivity index (χ2n) is 4.72. The summed E-state index contributed by atoms with van der Waals surface area (Å²) in [5, 5.41) is 0. The summed E-state index contributed by atoms with van der Waals surface area (Å²) >= 11 is 3.58. The second-order valence-corrected chi connectivity index (χ2v) is 5.57. The molecule has 0 aliphatic heterocycles. The van der Waals surface area contributed by atoms with Gasteiger partial charge in [0.25, 0.3) is 0 Å². The van der Waals surface area contributed by atoms with E-state index < -0.39 is 0 Å². The van der Waals surface area contributed by atoms with Crippen molar-refractivity contribution in [3.63, 3.8) is 0 Å². The van der Waals surface area contributed by atoms with Crippen molar-refractivity contribution < 1.29 is 4.79 Å². The van der Waals surface area contributed by atoms with Gasteiger partial charge in [-0.25, -0.2) is 0 Å². The van der Waals surface area contributed by atoms with E-state index in [0.29, 0.717) is 11.7 Å². The number of carbonyl (C=O) groups is 1. The molecular weight excluding hydrogens is 276 g/mol. The van der Waals surface area contributed by atoms with E-state index in [-0.39, 0.29) is 0 Å². The Hall–Kier alpha value is -0.890. The molecule has 1 unspecified atom stereocenters. The Bertz CT molecular complexity index is 448. The molecular formula is C15H17BrO. The zero-order valence-corrected chi connectivity index (χ0v) is 11.7. The highest BCUT2D eigenvalue weighted by Crippen LogP contribution is 2.28.